The highest BCUT2D eigenvalue weighted by Crippen LogP contribution is 2.39. The van der Waals surface area contributed by atoms with Gasteiger partial charge in [-0.05, 0) is 44.7 Å². The maximum absolute atomic E-state index is 12.7. The second-order valence-corrected chi connectivity index (χ2v) is 9.27. The number of carbonyl (C=O) groups is 1. The zero-order valence-electron chi connectivity index (χ0n) is 13.9. The number of hydrogen-bond donors (Lipinski definition) is 0. The fraction of sp³-hybridized carbons (Fsp3) is 0.647. The fourth-order valence-electron chi connectivity index (χ4n) is 4.05. The van der Waals surface area contributed by atoms with Crippen LogP contribution >= 0.6 is 0 Å². The maximum atomic E-state index is 12.7. The van der Waals surface area contributed by atoms with E-state index in [-0.39, 0.29) is 23.2 Å². The summed E-state index contributed by atoms with van der Waals surface area (Å²) < 4.78 is 27.0. The highest BCUT2D eigenvalue weighted by molar-refractivity contribution is 7.90. The molecule has 0 spiro atoms. The van der Waals surface area contributed by atoms with E-state index in [1.165, 1.54) is 0 Å². The first-order chi connectivity index (χ1) is 11.5. The summed E-state index contributed by atoms with van der Waals surface area (Å²) in [6.45, 7) is 2.95. The van der Waals surface area contributed by atoms with E-state index in [0.717, 1.165) is 30.7 Å². The minimum Gasteiger partial charge on any atom is -0.332 e. The van der Waals surface area contributed by atoms with Crippen LogP contribution in [0.25, 0.3) is 0 Å². The standard InChI is InChI=1S/C17H23N3O3S/c1-12-3-2-4-13(18-12)11-19-15-9-10-20(16(15)7-8-17(19)21)24(22,23)14-5-6-14/h2-4,14-16H,5-11H2,1H3/t15-,16-/m1/s1. The molecule has 0 radical (unpaired) electrons. The molecule has 3 aliphatic rings. The summed E-state index contributed by atoms with van der Waals surface area (Å²) >= 11 is 0. The van der Waals surface area contributed by atoms with E-state index in [9.17, 15) is 13.2 Å². The Morgan fingerprint density at radius 3 is 2.67 bits per heavy atom. The van der Waals surface area contributed by atoms with Crippen molar-refractivity contribution in [1.29, 1.82) is 0 Å². The van der Waals surface area contributed by atoms with Crippen LogP contribution in [0.1, 0.15) is 43.5 Å². The number of aryl methyl sites for hydroxylation is 1. The molecular formula is C17H23N3O3S. The number of hydrogen-bond acceptors (Lipinski definition) is 4. The number of fused-ring (bicyclic) bond motifs is 1. The molecule has 7 heteroatoms. The molecule has 6 nitrogen and oxygen atoms in total. The lowest BCUT2D eigenvalue weighted by Crippen LogP contribution is -2.53. The predicted molar refractivity (Wildman–Crippen MR) is 89.6 cm³/mol. The van der Waals surface area contributed by atoms with Crippen molar-refractivity contribution in [3.05, 3.63) is 29.6 Å². The van der Waals surface area contributed by atoms with E-state index >= 15 is 0 Å². The molecule has 2 saturated heterocycles. The molecule has 0 N–H and O–H groups in total. The van der Waals surface area contributed by atoms with E-state index in [2.05, 4.69) is 4.98 Å². The smallest absolute Gasteiger partial charge is 0.223 e. The Kier molecular flexibility index (Phi) is 3.88. The number of nitrogens with zero attached hydrogens (tertiary/aromatic N) is 3. The lowest BCUT2D eigenvalue weighted by Gasteiger charge is -2.39. The lowest BCUT2D eigenvalue weighted by molar-refractivity contribution is -0.138. The molecule has 0 bridgehead atoms. The first kappa shape index (κ1) is 16.0. The summed E-state index contributed by atoms with van der Waals surface area (Å²) in [6.07, 6.45) is 3.36. The average Bonchev–Trinajstić information content (AvgIpc) is 3.30. The third-order valence-electron chi connectivity index (χ3n) is 5.38. The van der Waals surface area contributed by atoms with Crippen molar-refractivity contribution in [2.45, 2.75) is 62.9 Å². The normalized spacial score (nSPS) is 28.2. The largest absolute Gasteiger partial charge is 0.332 e. The van der Waals surface area contributed by atoms with Crippen LogP contribution < -0.4 is 0 Å². The summed E-state index contributed by atoms with van der Waals surface area (Å²) in [4.78, 5) is 18.8. The van der Waals surface area contributed by atoms with Gasteiger partial charge in [-0.2, -0.15) is 4.31 Å². The van der Waals surface area contributed by atoms with E-state index in [1.54, 1.807) is 4.31 Å². The fourth-order valence-corrected chi connectivity index (χ4v) is 6.15. The van der Waals surface area contributed by atoms with Crippen LogP contribution in [0.3, 0.4) is 0 Å². The SMILES string of the molecule is Cc1cccc(CN2C(=O)CC[C@@H]3[C@H]2CCN3S(=O)(=O)C2CC2)n1. The molecule has 0 unspecified atom stereocenters. The van der Waals surface area contributed by atoms with Crippen LogP contribution in [0.2, 0.25) is 0 Å². The third-order valence-corrected chi connectivity index (χ3v) is 7.81. The zero-order valence-corrected chi connectivity index (χ0v) is 14.7. The van der Waals surface area contributed by atoms with Gasteiger partial charge in [-0.15, -0.1) is 0 Å². The van der Waals surface area contributed by atoms with Gasteiger partial charge in [0.25, 0.3) is 0 Å². The number of piperidine rings is 1. The average molecular weight is 349 g/mol. The number of aromatic nitrogens is 1. The summed E-state index contributed by atoms with van der Waals surface area (Å²) in [6, 6.07) is 5.74. The summed E-state index contributed by atoms with van der Waals surface area (Å²) in [5, 5.41) is -0.180. The van der Waals surface area contributed by atoms with Gasteiger partial charge in [0.15, 0.2) is 0 Å². The van der Waals surface area contributed by atoms with E-state index in [4.69, 9.17) is 0 Å². The Hall–Kier alpha value is -1.47. The van der Waals surface area contributed by atoms with E-state index in [0.29, 0.717) is 25.9 Å². The molecule has 1 saturated carbocycles. The van der Waals surface area contributed by atoms with Crippen LogP contribution in [-0.2, 0) is 21.4 Å². The summed E-state index contributed by atoms with van der Waals surface area (Å²) in [5.74, 6) is 0.116. The van der Waals surface area contributed by atoms with Crippen molar-refractivity contribution in [1.82, 2.24) is 14.2 Å². The van der Waals surface area contributed by atoms with Gasteiger partial charge in [0.2, 0.25) is 15.9 Å². The number of sulfonamides is 1. The highest BCUT2D eigenvalue weighted by atomic mass is 32.2. The van der Waals surface area contributed by atoms with Crippen molar-refractivity contribution in [2.75, 3.05) is 6.54 Å². The first-order valence-corrected chi connectivity index (χ1v) is 10.2. The van der Waals surface area contributed by atoms with Crippen molar-refractivity contribution >= 4 is 15.9 Å². The van der Waals surface area contributed by atoms with E-state index in [1.807, 2.05) is 30.0 Å². The monoisotopic (exact) mass is 349 g/mol. The molecule has 1 aliphatic carbocycles. The lowest BCUT2D eigenvalue weighted by atomic mass is 9.96. The first-order valence-electron chi connectivity index (χ1n) is 8.69. The number of likely N-dealkylation sites (tertiary alicyclic amines) is 1. The van der Waals surface area contributed by atoms with Gasteiger partial charge in [-0.25, -0.2) is 8.42 Å². The van der Waals surface area contributed by atoms with E-state index < -0.39 is 10.0 Å². The molecule has 1 aromatic heterocycles. The molecule has 1 amide bonds. The zero-order chi connectivity index (χ0) is 16.9. The quantitative estimate of drug-likeness (QED) is 0.825. The Bertz CT molecular complexity index is 760. The Balaban J connectivity index is 1.56. The van der Waals surface area contributed by atoms with Crippen LogP contribution in [0.15, 0.2) is 18.2 Å². The molecule has 4 rings (SSSR count). The van der Waals surface area contributed by atoms with Crippen LogP contribution in [0.4, 0.5) is 0 Å². The highest BCUT2D eigenvalue weighted by Gasteiger charge is 2.51. The minimum atomic E-state index is -3.18. The van der Waals surface area contributed by atoms with Crippen molar-refractivity contribution in [2.24, 2.45) is 0 Å². The van der Waals surface area contributed by atoms with Gasteiger partial charge in [-0.1, -0.05) is 6.07 Å². The van der Waals surface area contributed by atoms with Gasteiger partial charge in [0.05, 0.1) is 17.5 Å². The topological polar surface area (TPSA) is 70.6 Å². The molecule has 0 aromatic carbocycles. The van der Waals surface area contributed by atoms with Gasteiger partial charge in [0, 0.05) is 30.7 Å². The predicted octanol–water partition coefficient (Wildman–Crippen LogP) is 1.45. The molecule has 24 heavy (non-hydrogen) atoms. The van der Waals surface area contributed by atoms with Crippen molar-refractivity contribution in [3.8, 4) is 0 Å². The van der Waals surface area contributed by atoms with Crippen molar-refractivity contribution in [3.63, 3.8) is 0 Å². The molecule has 2 atom stereocenters. The molecule has 2 aliphatic heterocycles. The summed E-state index contributed by atoms with van der Waals surface area (Å²) in [5.41, 5.74) is 1.80. The molecule has 1 aromatic rings. The van der Waals surface area contributed by atoms with Crippen LogP contribution in [0.5, 0.6) is 0 Å². The Morgan fingerprint density at radius 2 is 1.96 bits per heavy atom. The Morgan fingerprint density at radius 1 is 1.17 bits per heavy atom. The maximum Gasteiger partial charge on any atom is 0.223 e. The minimum absolute atomic E-state index is 0.0120. The third kappa shape index (κ3) is 2.73. The molecular weight excluding hydrogens is 326 g/mol. The van der Waals surface area contributed by atoms with Gasteiger partial charge >= 0.3 is 0 Å². The van der Waals surface area contributed by atoms with Crippen LogP contribution in [0, 0.1) is 6.92 Å². The van der Waals surface area contributed by atoms with Gasteiger partial charge in [-0.3, -0.25) is 9.78 Å². The number of pyridine rings is 1. The second-order valence-electron chi connectivity index (χ2n) is 7.11. The molecule has 130 valence electrons. The van der Waals surface area contributed by atoms with Gasteiger partial charge in [0.1, 0.15) is 0 Å². The number of rotatable bonds is 4. The van der Waals surface area contributed by atoms with Gasteiger partial charge < -0.3 is 4.90 Å². The molecule has 3 heterocycles. The Labute approximate surface area is 142 Å². The number of carbonyl (C=O) groups excluding carboxylic acids is 1. The molecule has 3 fully saturated rings. The second kappa shape index (κ2) is 5.81. The van der Waals surface area contributed by atoms with Crippen molar-refractivity contribution < 1.29 is 13.2 Å². The number of amides is 1. The van der Waals surface area contributed by atoms with Crippen LogP contribution in [-0.4, -0.2) is 52.4 Å². The summed E-state index contributed by atoms with van der Waals surface area (Å²) in [7, 11) is -3.18.